The van der Waals surface area contributed by atoms with Crippen molar-refractivity contribution in [1.82, 2.24) is 10.2 Å². The van der Waals surface area contributed by atoms with Crippen LogP contribution in [-0.2, 0) is 17.6 Å². The molecule has 1 fully saturated rings. The summed E-state index contributed by atoms with van der Waals surface area (Å²) >= 11 is 0. The highest BCUT2D eigenvalue weighted by molar-refractivity contribution is 5.93. The number of carbonyl (C=O) groups is 1. The third-order valence-electron chi connectivity index (χ3n) is 3.99. The summed E-state index contributed by atoms with van der Waals surface area (Å²) in [5, 5.41) is 6.31. The first-order chi connectivity index (χ1) is 9.31. The fraction of sp³-hybridized carbons (Fsp3) is 0.533. The van der Waals surface area contributed by atoms with E-state index in [0.717, 1.165) is 51.3 Å². The number of nitrogens with one attached hydrogen (secondary N) is 2. The zero-order valence-electron chi connectivity index (χ0n) is 11.2. The Bertz CT molecular complexity index is 466. The number of hydrogen-bond donors (Lipinski definition) is 2. The SMILES string of the molecule is O=C1CCc2cc(CCN3CCNCC3)ccc2N1. The molecule has 1 saturated heterocycles. The van der Waals surface area contributed by atoms with Crippen molar-refractivity contribution in [2.24, 2.45) is 0 Å². The number of fused-ring (bicyclic) bond motifs is 1. The van der Waals surface area contributed by atoms with Crippen molar-refractivity contribution < 1.29 is 4.79 Å². The van der Waals surface area contributed by atoms with Crippen LogP contribution < -0.4 is 10.6 Å². The van der Waals surface area contributed by atoms with Gasteiger partial charge in [-0.05, 0) is 30.0 Å². The van der Waals surface area contributed by atoms with Crippen LogP contribution in [0.25, 0.3) is 0 Å². The van der Waals surface area contributed by atoms with Gasteiger partial charge in [0.15, 0.2) is 0 Å². The molecule has 19 heavy (non-hydrogen) atoms. The molecule has 1 aromatic carbocycles. The maximum absolute atomic E-state index is 11.3. The van der Waals surface area contributed by atoms with E-state index in [9.17, 15) is 4.79 Å². The van der Waals surface area contributed by atoms with Gasteiger partial charge in [-0.15, -0.1) is 0 Å². The second-order valence-electron chi connectivity index (χ2n) is 5.38. The molecule has 2 N–H and O–H groups in total. The maximum atomic E-state index is 11.3. The summed E-state index contributed by atoms with van der Waals surface area (Å²) < 4.78 is 0. The minimum atomic E-state index is 0.140. The Labute approximate surface area is 114 Å². The summed E-state index contributed by atoms with van der Waals surface area (Å²) in [4.78, 5) is 13.8. The van der Waals surface area contributed by atoms with Gasteiger partial charge in [0.2, 0.25) is 5.91 Å². The van der Waals surface area contributed by atoms with Crippen molar-refractivity contribution in [3.05, 3.63) is 29.3 Å². The topological polar surface area (TPSA) is 44.4 Å². The smallest absolute Gasteiger partial charge is 0.224 e. The average molecular weight is 259 g/mol. The Morgan fingerprint density at radius 3 is 2.84 bits per heavy atom. The van der Waals surface area contributed by atoms with Gasteiger partial charge in [0.1, 0.15) is 0 Å². The number of aryl methyl sites for hydroxylation is 1. The van der Waals surface area contributed by atoms with Crippen LogP contribution in [0.4, 0.5) is 5.69 Å². The molecule has 1 amide bonds. The molecule has 0 spiro atoms. The number of anilines is 1. The third kappa shape index (κ3) is 3.14. The molecule has 0 saturated carbocycles. The van der Waals surface area contributed by atoms with E-state index < -0.39 is 0 Å². The Kier molecular flexibility index (Phi) is 3.80. The van der Waals surface area contributed by atoms with Crippen molar-refractivity contribution in [2.75, 3.05) is 38.0 Å². The van der Waals surface area contributed by atoms with Crippen molar-refractivity contribution >= 4 is 11.6 Å². The van der Waals surface area contributed by atoms with Crippen LogP contribution in [0.3, 0.4) is 0 Å². The molecular formula is C15H21N3O. The number of amides is 1. The normalized spacial score (nSPS) is 19.9. The van der Waals surface area contributed by atoms with E-state index in [4.69, 9.17) is 0 Å². The lowest BCUT2D eigenvalue weighted by molar-refractivity contribution is -0.116. The van der Waals surface area contributed by atoms with Crippen LogP contribution in [0.5, 0.6) is 0 Å². The average Bonchev–Trinajstić information content (AvgIpc) is 2.46. The molecule has 2 aliphatic heterocycles. The van der Waals surface area contributed by atoms with Crippen LogP contribution in [0.1, 0.15) is 17.5 Å². The number of rotatable bonds is 3. The van der Waals surface area contributed by atoms with Crippen molar-refractivity contribution in [3.8, 4) is 0 Å². The molecule has 1 aromatic rings. The quantitative estimate of drug-likeness (QED) is 0.852. The van der Waals surface area contributed by atoms with Crippen LogP contribution in [-0.4, -0.2) is 43.5 Å². The molecule has 4 heteroatoms. The highest BCUT2D eigenvalue weighted by atomic mass is 16.1. The predicted octanol–water partition coefficient (Wildman–Crippen LogP) is 1.02. The molecule has 0 radical (unpaired) electrons. The lowest BCUT2D eigenvalue weighted by atomic mass is 9.99. The summed E-state index contributed by atoms with van der Waals surface area (Å²) in [5.74, 6) is 0.140. The molecule has 4 nitrogen and oxygen atoms in total. The zero-order valence-corrected chi connectivity index (χ0v) is 11.2. The van der Waals surface area contributed by atoms with Gasteiger partial charge in [0.25, 0.3) is 0 Å². The molecule has 0 unspecified atom stereocenters. The fourth-order valence-electron chi connectivity index (χ4n) is 2.81. The number of piperazine rings is 1. The van der Waals surface area contributed by atoms with Crippen molar-refractivity contribution in [2.45, 2.75) is 19.3 Å². The van der Waals surface area contributed by atoms with E-state index in [2.05, 4.69) is 33.7 Å². The second-order valence-corrected chi connectivity index (χ2v) is 5.38. The molecular weight excluding hydrogens is 238 g/mol. The van der Waals surface area contributed by atoms with Gasteiger partial charge in [0.05, 0.1) is 0 Å². The monoisotopic (exact) mass is 259 g/mol. The van der Waals surface area contributed by atoms with Crippen molar-refractivity contribution in [1.29, 1.82) is 0 Å². The summed E-state index contributed by atoms with van der Waals surface area (Å²) in [5.41, 5.74) is 3.67. The van der Waals surface area contributed by atoms with E-state index in [1.54, 1.807) is 0 Å². The van der Waals surface area contributed by atoms with Crippen LogP contribution in [0.15, 0.2) is 18.2 Å². The van der Waals surface area contributed by atoms with Gasteiger partial charge in [-0.3, -0.25) is 4.79 Å². The summed E-state index contributed by atoms with van der Waals surface area (Å²) in [7, 11) is 0. The summed E-state index contributed by atoms with van der Waals surface area (Å²) in [6.07, 6.45) is 2.60. The first-order valence-electron chi connectivity index (χ1n) is 7.16. The van der Waals surface area contributed by atoms with E-state index in [1.807, 2.05) is 0 Å². The lowest BCUT2D eigenvalue weighted by Crippen LogP contribution is -2.44. The fourth-order valence-corrected chi connectivity index (χ4v) is 2.81. The van der Waals surface area contributed by atoms with Gasteiger partial charge in [-0.1, -0.05) is 12.1 Å². The number of benzene rings is 1. The number of nitrogens with zero attached hydrogens (tertiary/aromatic N) is 1. The Morgan fingerprint density at radius 2 is 2.00 bits per heavy atom. The Hall–Kier alpha value is -1.39. The van der Waals surface area contributed by atoms with Gasteiger partial charge in [-0.2, -0.15) is 0 Å². The summed E-state index contributed by atoms with van der Waals surface area (Å²) in [6.45, 7) is 5.65. The molecule has 2 heterocycles. The van der Waals surface area contributed by atoms with Crippen molar-refractivity contribution in [3.63, 3.8) is 0 Å². The van der Waals surface area contributed by atoms with Gasteiger partial charge in [-0.25, -0.2) is 0 Å². The molecule has 102 valence electrons. The minimum Gasteiger partial charge on any atom is -0.326 e. The van der Waals surface area contributed by atoms with E-state index in [-0.39, 0.29) is 5.91 Å². The summed E-state index contributed by atoms with van der Waals surface area (Å²) in [6, 6.07) is 6.46. The first kappa shape index (κ1) is 12.6. The molecule has 0 aliphatic carbocycles. The van der Waals surface area contributed by atoms with E-state index in [0.29, 0.717) is 6.42 Å². The van der Waals surface area contributed by atoms with Crippen LogP contribution in [0, 0.1) is 0 Å². The zero-order chi connectivity index (χ0) is 13.1. The van der Waals surface area contributed by atoms with Crippen LogP contribution in [0.2, 0.25) is 0 Å². The molecule has 0 aromatic heterocycles. The maximum Gasteiger partial charge on any atom is 0.224 e. The lowest BCUT2D eigenvalue weighted by Gasteiger charge is -2.27. The third-order valence-corrected chi connectivity index (χ3v) is 3.99. The standard InChI is InChI=1S/C15H21N3O/c19-15-4-2-13-11-12(1-3-14(13)17-15)5-8-18-9-6-16-7-10-18/h1,3,11,16H,2,4-10H2,(H,17,19). The molecule has 3 rings (SSSR count). The Morgan fingerprint density at radius 1 is 1.16 bits per heavy atom. The number of hydrogen-bond acceptors (Lipinski definition) is 3. The molecule has 0 atom stereocenters. The van der Waals surface area contributed by atoms with Crippen LogP contribution >= 0.6 is 0 Å². The van der Waals surface area contributed by atoms with Gasteiger partial charge >= 0.3 is 0 Å². The Balaban J connectivity index is 1.60. The van der Waals surface area contributed by atoms with Gasteiger partial charge in [0, 0.05) is 44.8 Å². The number of carbonyl (C=O) groups excluding carboxylic acids is 1. The first-order valence-corrected chi connectivity index (χ1v) is 7.16. The highest BCUT2D eigenvalue weighted by Gasteiger charge is 2.15. The highest BCUT2D eigenvalue weighted by Crippen LogP contribution is 2.23. The largest absolute Gasteiger partial charge is 0.326 e. The second kappa shape index (κ2) is 5.72. The van der Waals surface area contributed by atoms with E-state index >= 15 is 0 Å². The minimum absolute atomic E-state index is 0.140. The molecule has 0 bridgehead atoms. The van der Waals surface area contributed by atoms with Gasteiger partial charge < -0.3 is 15.5 Å². The predicted molar refractivity (Wildman–Crippen MR) is 76.4 cm³/mol. The van der Waals surface area contributed by atoms with E-state index in [1.165, 1.54) is 11.1 Å². The molecule has 2 aliphatic rings.